The zero-order valence-electron chi connectivity index (χ0n) is 9.88. The van der Waals surface area contributed by atoms with Crippen LogP contribution in [0.1, 0.15) is 39.5 Å². The molecule has 15 heavy (non-hydrogen) atoms. The number of rotatable bonds is 9. The average molecular weight is 214 g/mol. The molecule has 0 aliphatic rings. The Kier molecular flexibility index (Phi) is 9.18. The van der Waals surface area contributed by atoms with Crippen LogP contribution in [0.5, 0.6) is 0 Å². The standard InChI is InChI=1S/C12H22O3/c1-4-6-8-14-9-10-15-12(13)11(3)7-5-2/h3-10H2,1-2H3. The molecule has 0 aliphatic heterocycles. The van der Waals surface area contributed by atoms with Crippen LogP contribution in [0.25, 0.3) is 0 Å². The van der Waals surface area contributed by atoms with Gasteiger partial charge >= 0.3 is 5.97 Å². The van der Waals surface area contributed by atoms with E-state index in [2.05, 4.69) is 13.5 Å². The van der Waals surface area contributed by atoms with Crippen LogP contribution < -0.4 is 0 Å². The highest BCUT2D eigenvalue weighted by molar-refractivity contribution is 5.87. The van der Waals surface area contributed by atoms with Crippen molar-refractivity contribution in [3.8, 4) is 0 Å². The molecule has 0 spiro atoms. The van der Waals surface area contributed by atoms with Gasteiger partial charge in [0.05, 0.1) is 6.61 Å². The molecule has 0 saturated carbocycles. The molecule has 0 aromatic rings. The van der Waals surface area contributed by atoms with Crippen LogP contribution in [0.4, 0.5) is 0 Å². The predicted molar refractivity (Wildman–Crippen MR) is 60.7 cm³/mol. The molecule has 0 saturated heterocycles. The first-order chi connectivity index (χ1) is 7.22. The molecule has 3 nitrogen and oxygen atoms in total. The van der Waals surface area contributed by atoms with Crippen LogP contribution in [0.2, 0.25) is 0 Å². The zero-order valence-corrected chi connectivity index (χ0v) is 9.88. The minimum absolute atomic E-state index is 0.295. The van der Waals surface area contributed by atoms with Crippen LogP contribution in [0, 0.1) is 0 Å². The summed E-state index contributed by atoms with van der Waals surface area (Å²) in [5.41, 5.74) is 0.547. The van der Waals surface area contributed by atoms with Gasteiger partial charge in [0.25, 0.3) is 0 Å². The molecule has 0 heterocycles. The van der Waals surface area contributed by atoms with Gasteiger partial charge in [-0.05, 0) is 12.8 Å². The molecule has 0 unspecified atom stereocenters. The SMILES string of the molecule is C=C(CCC)C(=O)OCCOCCCC. The summed E-state index contributed by atoms with van der Waals surface area (Å²) in [7, 11) is 0. The van der Waals surface area contributed by atoms with Crippen LogP contribution in [-0.4, -0.2) is 25.8 Å². The molecule has 0 aromatic heterocycles. The highest BCUT2D eigenvalue weighted by atomic mass is 16.6. The lowest BCUT2D eigenvalue weighted by Gasteiger charge is -2.06. The summed E-state index contributed by atoms with van der Waals surface area (Å²) in [5.74, 6) is -0.295. The summed E-state index contributed by atoms with van der Waals surface area (Å²) >= 11 is 0. The van der Waals surface area contributed by atoms with E-state index >= 15 is 0 Å². The third-order valence-corrected chi connectivity index (χ3v) is 1.94. The molecule has 0 amide bonds. The fourth-order valence-electron chi connectivity index (χ4n) is 1.05. The lowest BCUT2D eigenvalue weighted by Crippen LogP contribution is -2.12. The lowest BCUT2D eigenvalue weighted by atomic mass is 10.2. The Morgan fingerprint density at radius 3 is 2.47 bits per heavy atom. The fourth-order valence-corrected chi connectivity index (χ4v) is 1.05. The quantitative estimate of drug-likeness (QED) is 0.336. The molecule has 0 bridgehead atoms. The van der Waals surface area contributed by atoms with E-state index in [1.165, 1.54) is 0 Å². The molecule has 0 N–H and O–H groups in total. The summed E-state index contributed by atoms with van der Waals surface area (Å²) in [6.45, 7) is 9.31. The Morgan fingerprint density at radius 1 is 1.13 bits per heavy atom. The van der Waals surface area contributed by atoms with Crippen molar-refractivity contribution in [2.45, 2.75) is 39.5 Å². The van der Waals surface area contributed by atoms with E-state index in [0.29, 0.717) is 25.2 Å². The number of hydrogen-bond donors (Lipinski definition) is 0. The van der Waals surface area contributed by atoms with Crippen LogP contribution in [0.15, 0.2) is 12.2 Å². The van der Waals surface area contributed by atoms with Gasteiger partial charge in [-0.25, -0.2) is 4.79 Å². The van der Waals surface area contributed by atoms with E-state index < -0.39 is 0 Å². The van der Waals surface area contributed by atoms with Gasteiger partial charge in [-0.15, -0.1) is 0 Å². The van der Waals surface area contributed by atoms with Crippen molar-refractivity contribution in [1.82, 2.24) is 0 Å². The Labute approximate surface area is 92.5 Å². The van der Waals surface area contributed by atoms with Gasteiger partial charge in [0.1, 0.15) is 6.61 Å². The van der Waals surface area contributed by atoms with Gasteiger partial charge in [-0.1, -0.05) is 33.3 Å². The highest BCUT2D eigenvalue weighted by Crippen LogP contribution is 2.03. The number of carbonyl (C=O) groups excluding carboxylic acids is 1. The summed E-state index contributed by atoms with van der Waals surface area (Å²) in [4.78, 5) is 11.2. The molecular formula is C12H22O3. The summed E-state index contributed by atoms with van der Waals surface area (Å²) in [5, 5.41) is 0. The van der Waals surface area contributed by atoms with Gasteiger partial charge in [-0.2, -0.15) is 0 Å². The van der Waals surface area contributed by atoms with Crippen molar-refractivity contribution in [3.05, 3.63) is 12.2 Å². The second-order valence-electron chi connectivity index (χ2n) is 3.46. The summed E-state index contributed by atoms with van der Waals surface area (Å²) < 4.78 is 10.2. The van der Waals surface area contributed by atoms with Gasteiger partial charge < -0.3 is 9.47 Å². The average Bonchev–Trinajstić information content (AvgIpc) is 2.23. The molecule has 3 heteroatoms. The van der Waals surface area contributed by atoms with Crippen molar-refractivity contribution in [2.75, 3.05) is 19.8 Å². The predicted octanol–water partition coefficient (Wildman–Crippen LogP) is 2.70. The minimum atomic E-state index is -0.295. The maximum absolute atomic E-state index is 11.2. The van der Waals surface area contributed by atoms with Crippen molar-refractivity contribution in [1.29, 1.82) is 0 Å². The maximum Gasteiger partial charge on any atom is 0.333 e. The largest absolute Gasteiger partial charge is 0.460 e. The fraction of sp³-hybridized carbons (Fsp3) is 0.750. The van der Waals surface area contributed by atoms with Gasteiger partial charge in [0.15, 0.2) is 0 Å². The van der Waals surface area contributed by atoms with Crippen molar-refractivity contribution < 1.29 is 14.3 Å². The smallest absolute Gasteiger partial charge is 0.333 e. The molecular weight excluding hydrogens is 192 g/mol. The lowest BCUT2D eigenvalue weighted by molar-refractivity contribution is -0.140. The Hall–Kier alpha value is -0.830. The van der Waals surface area contributed by atoms with Gasteiger partial charge in [0, 0.05) is 12.2 Å². The summed E-state index contributed by atoms with van der Waals surface area (Å²) in [6.07, 6.45) is 3.79. The Balaban J connectivity index is 3.35. The molecule has 88 valence electrons. The first kappa shape index (κ1) is 14.2. The van der Waals surface area contributed by atoms with E-state index in [9.17, 15) is 4.79 Å². The van der Waals surface area contributed by atoms with Crippen molar-refractivity contribution in [2.24, 2.45) is 0 Å². The minimum Gasteiger partial charge on any atom is -0.460 e. The van der Waals surface area contributed by atoms with E-state index in [-0.39, 0.29) is 5.97 Å². The van der Waals surface area contributed by atoms with Crippen LogP contribution in [0.3, 0.4) is 0 Å². The first-order valence-corrected chi connectivity index (χ1v) is 5.65. The highest BCUT2D eigenvalue weighted by Gasteiger charge is 2.06. The third kappa shape index (κ3) is 8.18. The van der Waals surface area contributed by atoms with E-state index in [1.54, 1.807) is 0 Å². The number of unbranched alkanes of at least 4 members (excludes halogenated alkanes) is 1. The monoisotopic (exact) mass is 214 g/mol. The van der Waals surface area contributed by atoms with E-state index in [1.807, 2.05) is 6.92 Å². The maximum atomic E-state index is 11.2. The summed E-state index contributed by atoms with van der Waals surface area (Å²) in [6, 6.07) is 0. The molecule has 0 aliphatic carbocycles. The van der Waals surface area contributed by atoms with Gasteiger partial charge in [-0.3, -0.25) is 0 Å². The Morgan fingerprint density at radius 2 is 1.87 bits per heavy atom. The normalized spacial score (nSPS) is 10.0. The zero-order chi connectivity index (χ0) is 11.5. The number of hydrogen-bond acceptors (Lipinski definition) is 3. The molecule has 0 rings (SSSR count). The van der Waals surface area contributed by atoms with Crippen LogP contribution in [-0.2, 0) is 14.3 Å². The van der Waals surface area contributed by atoms with Crippen molar-refractivity contribution in [3.63, 3.8) is 0 Å². The number of ether oxygens (including phenoxy) is 2. The second kappa shape index (κ2) is 9.71. The van der Waals surface area contributed by atoms with E-state index in [0.717, 1.165) is 25.9 Å². The molecule has 0 fully saturated rings. The first-order valence-electron chi connectivity index (χ1n) is 5.65. The molecule has 0 aromatic carbocycles. The Bertz CT molecular complexity index is 187. The number of carbonyl (C=O) groups is 1. The van der Waals surface area contributed by atoms with Gasteiger partial charge in [0.2, 0.25) is 0 Å². The molecule has 0 atom stereocenters. The van der Waals surface area contributed by atoms with E-state index in [4.69, 9.17) is 9.47 Å². The topological polar surface area (TPSA) is 35.5 Å². The number of esters is 1. The van der Waals surface area contributed by atoms with Crippen molar-refractivity contribution >= 4 is 5.97 Å². The van der Waals surface area contributed by atoms with Crippen LogP contribution >= 0.6 is 0 Å². The second-order valence-corrected chi connectivity index (χ2v) is 3.46. The third-order valence-electron chi connectivity index (χ3n) is 1.94. The molecule has 0 radical (unpaired) electrons.